The van der Waals surface area contributed by atoms with Gasteiger partial charge in [0.15, 0.2) is 0 Å². The molecule has 4 nitrogen and oxygen atoms in total. The number of carboxylic acids is 1. The Morgan fingerprint density at radius 1 is 1.33 bits per heavy atom. The Labute approximate surface area is 106 Å². The Hall–Kier alpha value is -1.84. The molecular weight excluding hydrogens is 230 g/mol. The lowest BCUT2D eigenvalue weighted by Gasteiger charge is -2.23. The van der Waals surface area contributed by atoms with Crippen molar-refractivity contribution < 1.29 is 14.7 Å². The largest absolute Gasteiger partial charge is 0.480 e. The molecule has 0 spiro atoms. The number of hydrogen-bond donors (Lipinski definition) is 1. The van der Waals surface area contributed by atoms with Crippen LogP contribution in [0.25, 0.3) is 0 Å². The van der Waals surface area contributed by atoms with Gasteiger partial charge in [-0.1, -0.05) is 24.3 Å². The Bertz CT molecular complexity index is 492. The summed E-state index contributed by atoms with van der Waals surface area (Å²) in [5, 5.41) is 8.75. The van der Waals surface area contributed by atoms with Gasteiger partial charge in [0.1, 0.15) is 6.54 Å². The SMILES string of the molecule is Cc1ccccc1C1(C(=O)N(C)CC(=O)O)CC1. The predicted octanol–water partition coefficient (Wildman–Crippen LogP) is 1.57. The number of rotatable bonds is 4. The second-order valence-corrected chi connectivity index (χ2v) is 4.95. The van der Waals surface area contributed by atoms with Crippen molar-refractivity contribution in [2.24, 2.45) is 0 Å². The van der Waals surface area contributed by atoms with E-state index in [0.717, 1.165) is 24.0 Å². The molecule has 1 fully saturated rings. The fourth-order valence-corrected chi connectivity index (χ4v) is 2.47. The maximum Gasteiger partial charge on any atom is 0.323 e. The molecule has 0 aromatic heterocycles. The van der Waals surface area contributed by atoms with Gasteiger partial charge in [0.2, 0.25) is 5.91 Å². The van der Waals surface area contributed by atoms with Gasteiger partial charge >= 0.3 is 5.97 Å². The monoisotopic (exact) mass is 247 g/mol. The second kappa shape index (κ2) is 4.44. The summed E-state index contributed by atoms with van der Waals surface area (Å²) in [5.74, 6) is -1.06. The van der Waals surface area contributed by atoms with Crippen LogP contribution in [0, 0.1) is 6.92 Å². The van der Waals surface area contributed by atoms with Crippen LogP contribution in [0.4, 0.5) is 0 Å². The lowest BCUT2D eigenvalue weighted by atomic mass is 9.90. The summed E-state index contributed by atoms with van der Waals surface area (Å²) in [5.41, 5.74) is 1.65. The molecule has 1 aliphatic carbocycles. The van der Waals surface area contributed by atoms with Crippen molar-refractivity contribution in [1.82, 2.24) is 4.90 Å². The van der Waals surface area contributed by atoms with Crippen LogP contribution in [0.3, 0.4) is 0 Å². The summed E-state index contributed by atoms with van der Waals surface area (Å²) in [6, 6.07) is 7.82. The molecule has 2 rings (SSSR count). The van der Waals surface area contributed by atoms with Gasteiger partial charge in [0, 0.05) is 7.05 Å². The summed E-state index contributed by atoms with van der Waals surface area (Å²) >= 11 is 0. The van der Waals surface area contributed by atoms with E-state index in [1.54, 1.807) is 7.05 Å². The Kier molecular flexibility index (Phi) is 3.11. The second-order valence-electron chi connectivity index (χ2n) is 4.95. The number of nitrogens with zero attached hydrogens (tertiary/aromatic N) is 1. The molecule has 1 aromatic carbocycles. The van der Waals surface area contributed by atoms with E-state index in [1.165, 1.54) is 4.90 Å². The van der Waals surface area contributed by atoms with Crippen LogP contribution in [-0.4, -0.2) is 35.5 Å². The van der Waals surface area contributed by atoms with Gasteiger partial charge in [-0.2, -0.15) is 0 Å². The summed E-state index contributed by atoms with van der Waals surface area (Å²) in [6.07, 6.45) is 1.61. The number of likely N-dealkylation sites (N-methyl/N-ethyl adjacent to an activating group) is 1. The molecule has 0 radical (unpaired) electrons. The van der Waals surface area contributed by atoms with Crippen LogP contribution in [0.2, 0.25) is 0 Å². The highest BCUT2D eigenvalue weighted by Crippen LogP contribution is 2.50. The third-order valence-corrected chi connectivity index (χ3v) is 3.54. The lowest BCUT2D eigenvalue weighted by Crippen LogP contribution is -2.39. The first-order valence-electron chi connectivity index (χ1n) is 6.01. The number of benzene rings is 1. The maximum absolute atomic E-state index is 12.4. The summed E-state index contributed by atoms with van der Waals surface area (Å²) in [4.78, 5) is 24.4. The number of amides is 1. The quantitative estimate of drug-likeness (QED) is 0.878. The highest BCUT2D eigenvalue weighted by molar-refractivity contribution is 5.93. The summed E-state index contributed by atoms with van der Waals surface area (Å²) < 4.78 is 0. The fraction of sp³-hybridized carbons (Fsp3) is 0.429. The third kappa shape index (κ3) is 2.10. The Morgan fingerprint density at radius 2 is 1.94 bits per heavy atom. The zero-order valence-corrected chi connectivity index (χ0v) is 10.6. The minimum Gasteiger partial charge on any atom is -0.480 e. The molecular formula is C14H17NO3. The fourth-order valence-electron chi connectivity index (χ4n) is 2.47. The normalized spacial score (nSPS) is 16.1. The number of aryl methyl sites for hydroxylation is 1. The minimum atomic E-state index is -0.980. The highest BCUT2D eigenvalue weighted by Gasteiger charge is 2.53. The molecule has 1 aromatic rings. The molecule has 0 unspecified atom stereocenters. The standard InChI is InChI=1S/C14H17NO3/c1-10-5-3-4-6-11(10)14(7-8-14)13(18)15(2)9-12(16)17/h3-6H,7-9H2,1-2H3,(H,16,17). The van der Waals surface area contributed by atoms with E-state index in [-0.39, 0.29) is 12.5 Å². The van der Waals surface area contributed by atoms with Crippen LogP contribution in [0.1, 0.15) is 24.0 Å². The maximum atomic E-state index is 12.4. The van der Waals surface area contributed by atoms with E-state index < -0.39 is 11.4 Å². The molecule has 0 aliphatic heterocycles. The Balaban J connectivity index is 2.25. The van der Waals surface area contributed by atoms with Crippen molar-refractivity contribution in [3.05, 3.63) is 35.4 Å². The van der Waals surface area contributed by atoms with Crippen LogP contribution < -0.4 is 0 Å². The molecule has 1 saturated carbocycles. The predicted molar refractivity (Wildman–Crippen MR) is 67.4 cm³/mol. The molecule has 1 amide bonds. The van der Waals surface area contributed by atoms with E-state index in [1.807, 2.05) is 31.2 Å². The summed E-state index contributed by atoms with van der Waals surface area (Å²) in [7, 11) is 1.55. The molecule has 0 bridgehead atoms. The van der Waals surface area contributed by atoms with Gasteiger partial charge in [-0.25, -0.2) is 0 Å². The topological polar surface area (TPSA) is 57.6 Å². The average Bonchev–Trinajstić information content (AvgIpc) is 3.09. The number of aliphatic carboxylic acids is 1. The molecule has 4 heteroatoms. The van der Waals surface area contributed by atoms with Crippen LogP contribution in [0.5, 0.6) is 0 Å². The van der Waals surface area contributed by atoms with Crippen molar-refractivity contribution in [2.45, 2.75) is 25.2 Å². The minimum absolute atomic E-state index is 0.0841. The molecule has 18 heavy (non-hydrogen) atoms. The van der Waals surface area contributed by atoms with Crippen molar-refractivity contribution >= 4 is 11.9 Å². The number of carboxylic acid groups (broad SMARTS) is 1. The zero-order valence-electron chi connectivity index (χ0n) is 10.6. The average molecular weight is 247 g/mol. The first-order chi connectivity index (χ1) is 8.47. The van der Waals surface area contributed by atoms with Crippen molar-refractivity contribution in [2.75, 3.05) is 13.6 Å². The van der Waals surface area contributed by atoms with Crippen molar-refractivity contribution in [3.63, 3.8) is 0 Å². The van der Waals surface area contributed by atoms with Crippen LogP contribution >= 0.6 is 0 Å². The van der Waals surface area contributed by atoms with Gasteiger partial charge in [0.05, 0.1) is 5.41 Å². The van der Waals surface area contributed by atoms with Crippen LogP contribution in [-0.2, 0) is 15.0 Å². The van der Waals surface area contributed by atoms with E-state index in [4.69, 9.17) is 5.11 Å². The van der Waals surface area contributed by atoms with Crippen molar-refractivity contribution in [3.8, 4) is 0 Å². The first-order valence-corrected chi connectivity index (χ1v) is 6.01. The summed E-state index contributed by atoms with van der Waals surface area (Å²) in [6.45, 7) is 1.74. The first kappa shape index (κ1) is 12.6. The zero-order chi connectivity index (χ0) is 13.3. The molecule has 0 saturated heterocycles. The molecule has 1 aliphatic rings. The molecule has 0 heterocycles. The van der Waals surface area contributed by atoms with Crippen LogP contribution in [0.15, 0.2) is 24.3 Å². The highest BCUT2D eigenvalue weighted by atomic mass is 16.4. The van der Waals surface area contributed by atoms with E-state index in [0.29, 0.717) is 0 Å². The van der Waals surface area contributed by atoms with Gasteiger partial charge in [-0.15, -0.1) is 0 Å². The number of hydrogen-bond acceptors (Lipinski definition) is 2. The number of carbonyl (C=O) groups excluding carboxylic acids is 1. The third-order valence-electron chi connectivity index (χ3n) is 3.54. The van der Waals surface area contributed by atoms with E-state index >= 15 is 0 Å². The Morgan fingerprint density at radius 3 is 2.44 bits per heavy atom. The smallest absolute Gasteiger partial charge is 0.323 e. The molecule has 96 valence electrons. The van der Waals surface area contributed by atoms with Gasteiger partial charge in [0.25, 0.3) is 0 Å². The van der Waals surface area contributed by atoms with E-state index in [9.17, 15) is 9.59 Å². The number of carbonyl (C=O) groups is 2. The van der Waals surface area contributed by atoms with Crippen molar-refractivity contribution in [1.29, 1.82) is 0 Å². The van der Waals surface area contributed by atoms with Gasteiger partial charge < -0.3 is 10.0 Å². The lowest BCUT2D eigenvalue weighted by molar-refractivity contribution is -0.144. The molecule has 1 N–H and O–H groups in total. The van der Waals surface area contributed by atoms with Gasteiger partial charge in [-0.3, -0.25) is 9.59 Å². The molecule has 0 atom stereocenters. The van der Waals surface area contributed by atoms with Gasteiger partial charge in [-0.05, 0) is 30.9 Å². The van der Waals surface area contributed by atoms with E-state index in [2.05, 4.69) is 0 Å².